The van der Waals surface area contributed by atoms with Gasteiger partial charge < -0.3 is 10.1 Å². The Morgan fingerprint density at radius 1 is 1.21 bits per heavy atom. The van der Waals surface area contributed by atoms with Crippen LogP contribution in [0.4, 0.5) is 5.13 Å². The minimum Gasteiger partial charge on any atom is -0.496 e. The molecule has 5 heteroatoms. The summed E-state index contributed by atoms with van der Waals surface area (Å²) >= 11 is 1.49. The first-order valence-electron chi connectivity index (χ1n) is 5.93. The van der Waals surface area contributed by atoms with Gasteiger partial charge in [-0.25, -0.2) is 0 Å². The molecule has 1 N–H and O–H groups in total. The molecule has 0 radical (unpaired) electrons. The Labute approximate surface area is 115 Å². The van der Waals surface area contributed by atoms with E-state index in [1.165, 1.54) is 22.1 Å². The van der Waals surface area contributed by atoms with Gasteiger partial charge in [0.2, 0.25) is 5.13 Å². The summed E-state index contributed by atoms with van der Waals surface area (Å²) in [6.07, 6.45) is 0. The standard InChI is InChI=1S/C14H13N3OS/c1-18-13-7-6-10-4-2-3-5-11(10)12(13)8-15-14-17-16-9-19-14/h2-7,9H,8H2,1H3,(H,15,17). The van der Waals surface area contributed by atoms with E-state index in [-0.39, 0.29) is 0 Å². The van der Waals surface area contributed by atoms with Crippen LogP contribution in [-0.4, -0.2) is 17.3 Å². The number of hydrogen-bond acceptors (Lipinski definition) is 5. The van der Waals surface area contributed by atoms with E-state index in [0.717, 1.165) is 16.4 Å². The Morgan fingerprint density at radius 3 is 2.89 bits per heavy atom. The largest absolute Gasteiger partial charge is 0.496 e. The molecule has 0 fully saturated rings. The second-order valence-electron chi connectivity index (χ2n) is 4.06. The van der Waals surface area contributed by atoms with Gasteiger partial charge in [0.15, 0.2) is 0 Å². The molecule has 4 nitrogen and oxygen atoms in total. The smallest absolute Gasteiger partial charge is 0.205 e. The predicted octanol–water partition coefficient (Wildman–Crippen LogP) is 3.31. The number of rotatable bonds is 4. The van der Waals surface area contributed by atoms with Crippen LogP contribution in [0.5, 0.6) is 5.75 Å². The molecule has 3 rings (SSSR count). The molecule has 0 aliphatic heterocycles. The molecule has 96 valence electrons. The lowest BCUT2D eigenvalue weighted by atomic mass is 10.0. The molecule has 1 aromatic heterocycles. The second kappa shape index (κ2) is 5.24. The van der Waals surface area contributed by atoms with Crippen LogP contribution in [0.1, 0.15) is 5.56 Å². The van der Waals surface area contributed by atoms with Gasteiger partial charge in [-0.2, -0.15) is 0 Å². The Bertz CT molecular complexity index is 682. The molecule has 0 saturated carbocycles. The molecular formula is C14H13N3OS. The zero-order valence-electron chi connectivity index (χ0n) is 10.5. The molecule has 2 aromatic carbocycles. The number of nitrogens with one attached hydrogen (secondary N) is 1. The van der Waals surface area contributed by atoms with Crippen LogP contribution in [0.3, 0.4) is 0 Å². The van der Waals surface area contributed by atoms with Gasteiger partial charge in [-0.05, 0) is 16.8 Å². The zero-order chi connectivity index (χ0) is 13.1. The van der Waals surface area contributed by atoms with Gasteiger partial charge in [-0.3, -0.25) is 0 Å². The number of methoxy groups -OCH3 is 1. The van der Waals surface area contributed by atoms with E-state index >= 15 is 0 Å². The van der Waals surface area contributed by atoms with Gasteiger partial charge in [0, 0.05) is 12.1 Å². The fourth-order valence-corrected chi connectivity index (χ4v) is 2.55. The highest BCUT2D eigenvalue weighted by molar-refractivity contribution is 7.13. The Hall–Kier alpha value is -2.14. The van der Waals surface area contributed by atoms with Crippen molar-refractivity contribution in [3.63, 3.8) is 0 Å². The lowest BCUT2D eigenvalue weighted by molar-refractivity contribution is 0.411. The van der Waals surface area contributed by atoms with E-state index in [9.17, 15) is 0 Å². The highest BCUT2D eigenvalue weighted by Crippen LogP contribution is 2.28. The van der Waals surface area contributed by atoms with Crippen LogP contribution in [0.15, 0.2) is 41.9 Å². The summed E-state index contributed by atoms with van der Waals surface area (Å²) in [4.78, 5) is 0. The quantitative estimate of drug-likeness (QED) is 0.790. The first kappa shape index (κ1) is 11.9. The third-order valence-electron chi connectivity index (χ3n) is 2.99. The maximum Gasteiger partial charge on any atom is 0.205 e. The highest BCUT2D eigenvalue weighted by atomic mass is 32.1. The first-order chi connectivity index (χ1) is 9.38. The van der Waals surface area contributed by atoms with Crippen molar-refractivity contribution in [2.24, 2.45) is 0 Å². The molecule has 19 heavy (non-hydrogen) atoms. The topological polar surface area (TPSA) is 47.0 Å². The molecule has 0 bridgehead atoms. The van der Waals surface area contributed by atoms with Crippen LogP contribution in [-0.2, 0) is 6.54 Å². The van der Waals surface area contributed by atoms with Crippen LogP contribution >= 0.6 is 11.3 Å². The van der Waals surface area contributed by atoms with E-state index in [2.05, 4.69) is 33.7 Å². The van der Waals surface area contributed by atoms with Gasteiger partial charge in [0.05, 0.1) is 7.11 Å². The summed E-state index contributed by atoms with van der Waals surface area (Å²) in [6, 6.07) is 12.4. The SMILES string of the molecule is COc1ccc2ccccc2c1CNc1nncs1. The van der Waals surface area contributed by atoms with Crippen molar-refractivity contribution in [2.45, 2.75) is 6.54 Å². The molecule has 1 heterocycles. The summed E-state index contributed by atoms with van der Waals surface area (Å²) in [6.45, 7) is 0.666. The van der Waals surface area contributed by atoms with E-state index in [0.29, 0.717) is 6.54 Å². The molecule has 0 unspecified atom stereocenters. The summed E-state index contributed by atoms with van der Waals surface area (Å²) in [7, 11) is 1.69. The number of anilines is 1. The lowest BCUT2D eigenvalue weighted by Crippen LogP contribution is -2.02. The summed E-state index contributed by atoms with van der Waals surface area (Å²) in [5, 5.41) is 14.3. The average Bonchev–Trinajstić information content (AvgIpc) is 2.97. The third-order valence-corrected chi connectivity index (χ3v) is 3.64. The monoisotopic (exact) mass is 271 g/mol. The predicted molar refractivity (Wildman–Crippen MR) is 77.7 cm³/mol. The normalized spacial score (nSPS) is 10.6. The van der Waals surface area contributed by atoms with E-state index in [4.69, 9.17) is 4.74 Å². The number of hydrogen-bond donors (Lipinski definition) is 1. The second-order valence-corrected chi connectivity index (χ2v) is 4.90. The summed E-state index contributed by atoms with van der Waals surface area (Å²) in [5.74, 6) is 0.885. The van der Waals surface area contributed by atoms with Gasteiger partial charge in [-0.1, -0.05) is 41.7 Å². The average molecular weight is 271 g/mol. The van der Waals surface area contributed by atoms with E-state index in [1.54, 1.807) is 12.6 Å². The Balaban J connectivity index is 1.99. The number of fused-ring (bicyclic) bond motifs is 1. The van der Waals surface area contributed by atoms with Crippen LogP contribution in [0.2, 0.25) is 0 Å². The van der Waals surface area contributed by atoms with Crippen molar-refractivity contribution in [3.05, 3.63) is 47.5 Å². The number of aromatic nitrogens is 2. The third kappa shape index (κ3) is 2.37. The molecular weight excluding hydrogens is 258 g/mol. The molecule has 3 aromatic rings. The van der Waals surface area contributed by atoms with E-state index in [1.807, 2.05) is 18.2 Å². The summed E-state index contributed by atoms with van der Waals surface area (Å²) in [5.41, 5.74) is 2.85. The van der Waals surface area contributed by atoms with Gasteiger partial charge in [0.25, 0.3) is 0 Å². The fourth-order valence-electron chi connectivity index (χ4n) is 2.10. The van der Waals surface area contributed by atoms with Crippen molar-refractivity contribution >= 4 is 27.2 Å². The lowest BCUT2D eigenvalue weighted by Gasteiger charge is -2.12. The van der Waals surface area contributed by atoms with Crippen molar-refractivity contribution in [1.29, 1.82) is 0 Å². The van der Waals surface area contributed by atoms with Crippen molar-refractivity contribution in [1.82, 2.24) is 10.2 Å². The number of ether oxygens (including phenoxy) is 1. The minimum atomic E-state index is 0.666. The van der Waals surface area contributed by atoms with Crippen molar-refractivity contribution in [2.75, 3.05) is 12.4 Å². The zero-order valence-corrected chi connectivity index (χ0v) is 11.3. The number of benzene rings is 2. The minimum absolute atomic E-state index is 0.666. The molecule has 0 amide bonds. The van der Waals surface area contributed by atoms with Crippen LogP contribution < -0.4 is 10.1 Å². The maximum absolute atomic E-state index is 5.45. The first-order valence-corrected chi connectivity index (χ1v) is 6.81. The fraction of sp³-hybridized carbons (Fsp3) is 0.143. The van der Waals surface area contributed by atoms with Crippen molar-refractivity contribution in [3.8, 4) is 5.75 Å². The maximum atomic E-state index is 5.45. The molecule has 0 aliphatic carbocycles. The highest BCUT2D eigenvalue weighted by Gasteiger charge is 2.08. The molecule has 0 saturated heterocycles. The number of nitrogens with zero attached hydrogens (tertiary/aromatic N) is 2. The van der Waals surface area contributed by atoms with Gasteiger partial charge in [0.1, 0.15) is 11.3 Å². The van der Waals surface area contributed by atoms with Crippen LogP contribution in [0.25, 0.3) is 10.8 Å². The Morgan fingerprint density at radius 2 is 2.11 bits per heavy atom. The molecule has 0 aliphatic rings. The van der Waals surface area contributed by atoms with Gasteiger partial charge >= 0.3 is 0 Å². The van der Waals surface area contributed by atoms with E-state index < -0.39 is 0 Å². The molecule has 0 spiro atoms. The van der Waals surface area contributed by atoms with Gasteiger partial charge in [-0.15, -0.1) is 10.2 Å². The van der Waals surface area contributed by atoms with Crippen LogP contribution in [0, 0.1) is 0 Å². The van der Waals surface area contributed by atoms with Crippen molar-refractivity contribution < 1.29 is 4.74 Å². The summed E-state index contributed by atoms with van der Waals surface area (Å²) < 4.78 is 5.45. The Kier molecular flexibility index (Phi) is 3.29. The molecule has 0 atom stereocenters.